The lowest BCUT2D eigenvalue weighted by atomic mass is 10.1. The lowest BCUT2D eigenvalue weighted by Gasteiger charge is -2.19. The fraction of sp³-hybridized carbons (Fsp3) is 0.529. The number of halogens is 1. The van der Waals surface area contributed by atoms with Crippen molar-refractivity contribution in [3.63, 3.8) is 0 Å². The summed E-state index contributed by atoms with van der Waals surface area (Å²) < 4.78 is 18.3. The summed E-state index contributed by atoms with van der Waals surface area (Å²) in [6.07, 6.45) is 2.54. The minimum atomic E-state index is -0.441. The number of hydrogen-bond donors (Lipinski definition) is 2. The van der Waals surface area contributed by atoms with Crippen LogP contribution in [0.2, 0.25) is 0 Å². The second-order valence-corrected chi connectivity index (χ2v) is 5.95. The van der Waals surface area contributed by atoms with Crippen LogP contribution in [0.4, 0.5) is 4.39 Å². The van der Waals surface area contributed by atoms with Crippen LogP contribution in [0.15, 0.2) is 24.3 Å². The standard InChI is InChI=1S/C17H24FN3O3/c1-21(10-11-24-14-7-5-13(18)6-8-14)12-16(22)20-15-4-2-3-9-19-17(15)23/h5-8,15H,2-4,9-12H2,1H3,(H,19,23)(H,20,22)/t15-/m0/s1. The van der Waals surface area contributed by atoms with Crippen LogP contribution in [-0.4, -0.2) is 56.0 Å². The molecule has 6 nitrogen and oxygen atoms in total. The van der Waals surface area contributed by atoms with E-state index in [4.69, 9.17) is 4.74 Å². The average molecular weight is 337 g/mol. The maximum Gasteiger partial charge on any atom is 0.242 e. The summed E-state index contributed by atoms with van der Waals surface area (Å²) in [6, 6.07) is 5.36. The van der Waals surface area contributed by atoms with Gasteiger partial charge in [0, 0.05) is 13.1 Å². The first-order valence-corrected chi connectivity index (χ1v) is 8.18. The van der Waals surface area contributed by atoms with E-state index in [0.717, 1.165) is 12.8 Å². The Balaban J connectivity index is 1.67. The third-order valence-electron chi connectivity index (χ3n) is 3.84. The predicted molar refractivity (Wildman–Crippen MR) is 88.2 cm³/mol. The molecule has 2 rings (SSSR count). The second-order valence-electron chi connectivity index (χ2n) is 5.95. The summed E-state index contributed by atoms with van der Waals surface area (Å²) in [4.78, 5) is 25.7. The average Bonchev–Trinajstić information content (AvgIpc) is 2.74. The molecule has 0 unspecified atom stereocenters. The van der Waals surface area contributed by atoms with E-state index in [0.29, 0.717) is 31.9 Å². The van der Waals surface area contributed by atoms with Crippen molar-refractivity contribution in [3.8, 4) is 5.75 Å². The van der Waals surface area contributed by atoms with Gasteiger partial charge < -0.3 is 15.4 Å². The third kappa shape index (κ3) is 6.16. The van der Waals surface area contributed by atoms with Crippen molar-refractivity contribution in [3.05, 3.63) is 30.1 Å². The van der Waals surface area contributed by atoms with Crippen LogP contribution in [0.25, 0.3) is 0 Å². The quantitative estimate of drug-likeness (QED) is 0.776. The van der Waals surface area contributed by atoms with Crippen molar-refractivity contribution >= 4 is 11.8 Å². The number of nitrogens with one attached hydrogen (secondary N) is 2. The van der Waals surface area contributed by atoms with Crippen molar-refractivity contribution in [2.24, 2.45) is 0 Å². The third-order valence-corrected chi connectivity index (χ3v) is 3.84. The van der Waals surface area contributed by atoms with E-state index in [1.807, 2.05) is 4.90 Å². The number of ether oxygens (including phenoxy) is 1. The summed E-state index contributed by atoms with van der Waals surface area (Å²) in [5, 5.41) is 5.57. The highest BCUT2D eigenvalue weighted by Crippen LogP contribution is 2.10. The van der Waals surface area contributed by atoms with Crippen molar-refractivity contribution in [1.29, 1.82) is 0 Å². The molecule has 0 radical (unpaired) electrons. The van der Waals surface area contributed by atoms with Crippen LogP contribution in [0, 0.1) is 5.82 Å². The van der Waals surface area contributed by atoms with Crippen molar-refractivity contribution in [2.45, 2.75) is 25.3 Å². The van der Waals surface area contributed by atoms with E-state index in [-0.39, 0.29) is 24.2 Å². The first-order chi connectivity index (χ1) is 11.5. The molecule has 132 valence electrons. The van der Waals surface area contributed by atoms with Gasteiger partial charge in [-0.05, 0) is 50.6 Å². The Kier molecular flexibility index (Phi) is 6.99. The molecule has 0 bridgehead atoms. The number of carbonyl (C=O) groups excluding carboxylic acids is 2. The maximum atomic E-state index is 12.8. The van der Waals surface area contributed by atoms with Gasteiger partial charge in [0.1, 0.15) is 24.2 Å². The van der Waals surface area contributed by atoms with Crippen LogP contribution in [0.1, 0.15) is 19.3 Å². The molecule has 1 atom stereocenters. The van der Waals surface area contributed by atoms with E-state index in [2.05, 4.69) is 10.6 Å². The van der Waals surface area contributed by atoms with Crippen molar-refractivity contribution < 1.29 is 18.7 Å². The molecule has 1 aliphatic heterocycles. The molecular weight excluding hydrogens is 313 g/mol. The number of carbonyl (C=O) groups is 2. The minimum Gasteiger partial charge on any atom is -0.492 e. The van der Waals surface area contributed by atoms with Gasteiger partial charge in [-0.1, -0.05) is 0 Å². The highest BCUT2D eigenvalue weighted by atomic mass is 19.1. The van der Waals surface area contributed by atoms with Crippen LogP contribution >= 0.6 is 0 Å². The minimum absolute atomic E-state index is 0.108. The Morgan fingerprint density at radius 3 is 2.88 bits per heavy atom. The molecule has 1 aromatic carbocycles. The molecule has 1 saturated heterocycles. The zero-order valence-corrected chi connectivity index (χ0v) is 13.9. The summed E-state index contributed by atoms with van der Waals surface area (Å²) in [6.45, 7) is 1.80. The summed E-state index contributed by atoms with van der Waals surface area (Å²) in [5.41, 5.74) is 0. The first kappa shape index (κ1) is 18.2. The number of benzene rings is 1. The molecule has 1 aromatic rings. The fourth-order valence-corrected chi connectivity index (χ4v) is 2.49. The smallest absolute Gasteiger partial charge is 0.242 e. The van der Waals surface area contributed by atoms with E-state index in [1.54, 1.807) is 19.2 Å². The van der Waals surface area contributed by atoms with Gasteiger partial charge in [-0.25, -0.2) is 4.39 Å². The van der Waals surface area contributed by atoms with Gasteiger partial charge in [0.2, 0.25) is 11.8 Å². The van der Waals surface area contributed by atoms with Crippen LogP contribution < -0.4 is 15.4 Å². The number of hydrogen-bond acceptors (Lipinski definition) is 4. The highest BCUT2D eigenvalue weighted by Gasteiger charge is 2.22. The molecule has 1 heterocycles. The molecular formula is C17H24FN3O3. The SMILES string of the molecule is CN(CCOc1ccc(F)cc1)CC(=O)N[C@H]1CCCCNC1=O. The molecule has 1 aliphatic rings. The molecule has 2 amide bonds. The fourth-order valence-electron chi connectivity index (χ4n) is 2.49. The molecule has 0 spiro atoms. The number of likely N-dealkylation sites (N-methyl/N-ethyl adjacent to an activating group) is 1. The predicted octanol–water partition coefficient (Wildman–Crippen LogP) is 0.921. The number of nitrogens with zero attached hydrogens (tertiary/aromatic N) is 1. The highest BCUT2D eigenvalue weighted by molar-refractivity contribution is 5.88. The summed E-state index contributed by atoms with van der Waals surface area (Å²) >= 11 is 0. The zero-order valence-electron chi connectivity index (χ0n) is 13.9. The molecule has 7 heteroatoms. The molecule has 0 aliphatic carbocycles. The van der Waals surface area contributed by atoms with E-state index in [1.165, 1.54) is 12.1 Å². The van der Waals surface area contributed by atoms with Crippen LogP contribution in [0.5, 0.6) is 5.75 Å². The normalized spacial score (nSPS) is 18.0. The summed E-state index contributed by atoms with van der Waals surface area (Å²) in [7, 11) is 1.81. The Hall–Kier alpha value is -2.15. The zero-order chi connectivity index (χ0) is 17.4. The maximum absolute atomic E-state index is 12.8. The number of amides is 2. The summed E-state index contributed by atoms with van der Waals surface area (Å²) in [5.74, 6) is -0.00690. The molecule has 0 saturated carbocycles. The molecule has 24 heavy (non-hydrogen) atoms. The van der Waals surface area contributed by atoms with Gasteiger partial charge in [-0.2, -0.15) is 0 Å². The molecule has 2 N–H and O–H groups in total. The van der Waals surface area contributed by atoms with Gasteiger partial charge in [-0.15, -0.1) is 0 Å². The van der Waals surface area contributed by atoms with E-state index >= 15 is 0 Å². The lowest BCUT2D eigenvalue weighted by Crippen LogP contribution is -2.48. The monoisotopic (exact) mass is 337 g/mol. The van der Waals surface area contributed by atoms with Crippen LogP contribution in [-0.2, 0) is 9.59 Å². The number of rotatable bonds is 7. The van der Waals surface area contributed by atoms with Gasteiger partial charge in [0.15, 0.2) is 0 Å². The Morgan fingerprint density at radius 1 is 1.38 bits per heavy atom. The topological polar surface area (TPSA) is 70.7 Å². The second kappa shape index (κ2) is 9.22. The van der Waals surface area contributed by atoms with Crippen molar-refractivity contribution in [2.75, 3.05) is 33.3 Å². The van der Waals surface area contributed by atoms with E-state index < -0.39 is 6.04 Å². The largest absolute Gasteiger partial charge is 0.492 e. The van der Waals surface area contributed by atoms with Crippen molar-refractivity contribution in [1.82, 2.24) is 15.5 Å². The molecule has 1 fully saturated rings. The Labute approximate surface area is 141 Å². The lowest BCUT2D eigenvalue weighted by molar-refractivity contribution is -0.129. The van der Waals surface area contributed by atoms with Gasteiger partial charge in [-0.3, -0.25) is 14.5 Å². The van der Waals surface area contributed by atoms with Gasteiger partial charge in [0.05, 0.1) is 6.54 Å². The van der Waals surface area contributed by atoms with Gasteiger partial charge >= 0.3 is 0 Å². The van der Waals surface area contributed by atoms with E-state index in [9.17, 15) is 14.0 Å². The first-order valence-electron chi connectivity index (χ1n) is 8.18. The van der Waals surface area contributed by atoms with Crippen LogP contribution in [0.3, 0.4) is 0 Å². The molecule has 0 aromatic heterocycles. The Bertz CT molecular complexity index is 551. The Morgan fingerprint density at radius 2 is 2.12 bits per heavy atom. The van der Waals surface area contributed by atoms with Gasteiger partial charge in [0.25, 0.3) is 0 Å².